The summed E-state index contributed by atoms with van der Waals surface area (Å²) < 4.78 is 5.68. The van der Waals surface area contributed by atoms with Gasteiger partial charge in [0.25, 0.3) is 0 Å². The summed E-state index contributed by atoms with van der Waals surface area (Å²) >= 11 is 6.05. The minimum Gasteiger partial charge on any atom is -0.492 e. The van der Waals surface area contributed by atoms with Crippen LogP contribution in [0, 0.1) is 25.2 Å². The average Bonchev–Trinajstić information content (AvgIpc) is 2.48. The van der Waals surface area contributed by atoms with Crippen LogP contribution in [-0.2, 0) is 0 Å². The number of ether oxygens (including phenoxy) is 1. The summed E-state index contributed by atoms with van der Waals surface area (Å²) in [6.07, 6.45) is 0.645. The number of nitriles is 1. The van der Waals surface area contributed by atoms with Crippen LogP contribution in [0.2, 0.25) is 5.02 Å². The Morgan fingerprint density at radius 2 is 1.95 bits per heavy atom. The van der Waals surface area contributed by atoms with E-state index in [1.165, 1.54) is 5.56 Å². The van der Waals surface area contributed by atoms with Gasteiger partial charge in [-0.2, -0.15) is 5.26 Å². The highest BCUT2D eigenvalue weighted by Crippen LogP contribution is 2.26. The van der Waals surface area contributed by atoms with Crippen LogP contribution in [0.15, 0.2) is 42.5 Å². The van der Waals surface area contributed by atoms with E-state index in [2.05, 4.69) is 24.3 Å². The Bertz CT molecular complexity index is 661. The maximum Gasteiger partial charge on any atom is 0.137 e. The summed E-state index contributed by atoms with van der Waals surface area (Å²) in [7, 11) is 0. The van der Waals surface area contributed by atoms with Crippen molar-refractivity contribution in [1.82, 2.24) is 0 Å². The lowest BCUT2D eigenvalue weighted by molar-refractivity contribution is 0.306. The summed E-state index contributed by atoms with van der Waals surface area (Å²) in [6, 6.07) is 16.0. The summed E-state index contributed by atoms with van der Waals surface area (Å²) in [4.78, 5) is 0. The first-order chi connectivity index (χ1) is 10.1. The van der Waals surface area contributed by atoms with E-state index in [4.69, 9.17) is 16.3 Å². The van der Waals surface area contributed by atoms with E-state index in [1.54, 1.807) is 6.07 Å². The van der Waals surface area contributed by atoms with Crippen molar-refractivity contribution < 1.29 is 4.74 Å². The standard InChI is InChI=1S/C18H18ClNO/c1-13-7-8-14(2)16(11-13)15(12-20)9-10-21-18-6-4-3-5-17(18)19/h3-8,11,15H,9-10H2,1-2H3. The van der Waals surface area contributed by atoms with Crippen molar-refractivity contribution in [2.75, 3.05) is 6.61 Å². The molecule has 0 saturated carbocycles. The van der Waals surface area contributed by atoms with E-state index in [0.717, 1.165) is 11.1 Å². The van der Waals surface area contributed by atoms with Gasteiger partial charge in [-0.1, -0.05) is 47.5 Å². The Morgan fingerprint density at radius 1 is 1.19 bits per heavy atom. The van der Waals surface area contributed by atoms with Crippen LogP contribution in [0.3, 0.4) is 0 Å². The SMILES string of the molecule is Cc1ccc(C)c(C(C#N)CCOc2ccccc2Cl)c1. The first-order valence-electron chi connectivity index (χ1n) is 6.96. The fraction of sp³-hybridized carbons (Fsp3) is 0.278. The van der Waals surface area contributed by atoms with Gasteiger partial charge in [-0.25, -0.2) is 0 Å². The van der Waals surface area contributed by atoms with Crippen molar-refractivity contribution in [3.63, 3.8) is 0 Å². The zero-order chi connectivity index (χ0) is 15.2. The minimum absolute atomic E-state index is 0.160. The minimum atomic E-state index is -0.160. The van der Waals surface area contributed by atoms with E-state index in [0.29, 0.717) is 23.8 Å². The topological polar surface area (TPSA) is 33.0 Å². The van der Waals surface area contributed by atoms with Crippen molar-refractivity contribution in [3.8, 4) is 11.8 Å². The second-order valence-corrected chi connectivity index (χ2v) is 5.52. The molecule has 0 heterocycles. The predicted octanol–water partition coefficient (Wildman–Crippen LogP) is 5.03. The molecule has 0 aliphatic carbocycles. The van der Waals surface area contributed by atoms with Crippen LogP contribution in [0.25, 0.3) is 0 Å². The molecule has 0 amide bonds. The van der Waals surface area contributed by atoms with Gasteiger partial charge in [0.2, 0.25) is 0 Å². The Balaban J connectivity index is 2.02. The van der Waals surface area contributed by atoms with Crippen LogP contribution in [0.4, 0.5) is 0 Å². The number of hydrogen-bond donors (Lipinski definition) is 0. The molecule has 2 aromatic rings. The Kier molecular flexibility index (Phi) is 5.25. The molecule has 0 aromatic heterocycles. The maximum absolute atomic E-state index is 9.41. The molecule has 108 valence electrons. The third kappa shape index (κ3) is 4.00. The zero-order valence-electron chi connectivity index (χ0n) is 12.3. The molecule has 1 unspecified atom stereocenters. The molecule has 1 atom stereocenters. The molecule has 0 fully saturated rings. The van der Waals surface area contributed by atoms with Gasteiger partial charge in [0.05, 0.1) is 23.6 Å². The van der Waals surface area contributed by atoms with E-state index in [-0.39, 0.29) is 5.92 Å². The van der Waals surface area contributed by atoms with Gasteiger partial charge in [0, 0.05) is 6.42 Å². The summed E-state index contributed by atoms with van der Waals surface area (Å²) in [5.41, 5.74) is 3.40. The monoisotopic (exact) mass is 299 g/mol. The van der Waals surface area contributed by atoms with Gasteiger partial charge < -0.3 is 4.74 Å². The second-order valence-electron chi connectivity index (χ2n) is 5.11. The van der Waals surface area contributed by atoms with Crippen LogP contribution in [0.5, 0.6) is 5.75 Å². The molecule has 0 saturated heterocycles. The summed E-state index contributed by atoms with van der Waals surface area (Å²) in [5.74, 6) is 0.504. The van der Waals surface area contributed by atoms with Crippen molar-refractivity contribution in [2.24, 2.45) is 0 Å². The van der Waals surface area contributed by atoms with Gasteiger partial charge in [0.1, 0.15) is 5.75 Å². The first kappa shape index (κ1) is 15.4. The van der Waals surface area contributed by atoms with Crippen LogP contribution >= 0.6 is 11.6 Å². The van der Waals surface area contributed by atoms with Crippen molar-refractivity contribution in [3.05, 3.63) is 64.2 Å². The van der Waals surface area contributed by atoms with Crippen LogP contribution in [-0.4, -0.2) is 6.61 Å². The van der Waals surface area contributed by atoms with Crippen LogP contribution in [0.1, 0.15) is 29.0 Å². The third-order valence-electron chi connectivity index (χ3n) is 3.47. The molecule has 0 aliphatic heterocycles. The van der Waals surface area contributed by atoms with E-state index in [1.807, 2.05) is 32.0 Å². The number of halogens is 1. The summed E-state index contributed by atoms with van der Waals surface area (Å²) in [6.45, 7) is 4.54. The number of nitrogens with zero attached hydrogens (tertiary/aromatic N) is 1. The highest BCUT2D eigenvalue weighted by molar-refractivity contribution is 6.32. The molecule has 0 aliphatic rings. The molecule has 2 nitrogen and oxygen atoms in total. The van der Waals surface area contributed by atoms with Crippen molar-refractivity contribution in [2.45, 2.75) is 26.2 Å². The van der Waals surface area contributed by atoms with E-state index in [9.17, 15) is 5.26 Å². The van der Waals surface area contributed by atoms with Gasteiger partial charge in [-0.05, 0) is 37.1 Å². The quantitative estimate of drug-likeness (QED) is 0.775. The number of hydrogen-bond acceptors (Lipinski definition) is 2. The molecule has 0 bridgehead atoms. The average molecular weight is 300 g/mol. The first-order valence-corrected chi connectivity index (χ1v) is 7.33. The largest absolute Gasteiger partial charge is 0.492 e. The Hall–Kier alpha value is -1.98. The van der Waals surface area contributed by atoms with Gasteiger partial charge in [0.15, 0.2) is 0 Å². The van der Waals surface area contributed by atoms with E-state index >= 15 is 0 Å². The predicted molar refractivity (Wildman–Crippen MR) is 85.8 cm³/mol. The molecule has 2 aromatic carbocycles. The number of benzene rings is 2. The molecule has 2 rings (SSSR count). The summed E-state index contributed by atoms with van der Waals surface area (Å²) in [5, 5.41) is 10.0. The van der Waals surface area contributed by atoms with Crippen molar-refractivity contribution in [1.29, 1.82) is 5.26 Å². The van der Waals surface area contributed by atoms with Crippen molar-refractivity contribution >= 4 is 11.6 Å². The lowest BCUT2D eigenvalue weighted by Crippen LogP contribution is -2.06. The number of rotatable bonds is 5. The molecule has 0 N–H and O–H groups in total. The maximum atomic E-state index is 9.41. The molecule has 0 spiro atoms. The van der Waals surface area contributed by atoms with Crippen LogP contribution < -0.4 is 4.74 Å². The third-order valence-corrected chi connectivity index (χ3v) is 3.78. The smallest absolute Gasteiger partial charge is 0.137 e. The Labute approximate surface area is 130 Å². The lowest BCUT2D eigenvalue weighted by atomic mass is 9.92. The zero-order valence-corrected chi connectivity index (χ0v) is 13.0. The fourth-order valence-electron chi connectivity index (χ4n) is 2.27. The normalized spacial score (nSPS) is 11.7. The fourth-order valence-corrected chi connectivity index (χ4v) is 2.46. The van der Waals surface area contributed by atoms with Gasteiger partial charge >= 0.3 is 0 Å². The van der Waals surface area contributed by atoms with E-state index < -0.39 is 0 Å². The molecule has 3 heteroatoms. The Morgan fingerprint density at radius 3 is 2.67 bits per heavy atom. The number of para-hydroxylation sites is 1. The molecule has 21 heavy (non-hydrogen) atoms. The highest BCUT2D eigenvalue weighted by Gasteiger charge is 2.14. The van der Waals surface area contributed by atoms with Gasteiger partial charge in [-0.3, -0.25) is 0 Å². The van der Waals surface area contributed by atoms with Gasteiger partial charge in [-0.15, -0.1) is 0 Å². The molecular formula is C18H18ClNO. The number of aryl methyl sites for hydroxylation is 2. The second kappa shape index (κ2) is 7.15. The highest BCUT2D eigenvalue weighted by atomic mass is 35.5. The molecular weight excluding hydrogens is 282 g/mol. The molecule has 0 radical (unpaired) electrons. The lowest BCUT2D eigenvalue weighted by Gasteiger charge is -2.14.